The smallest absolute Gasteiger partial charge is 0.137 e. The molecule has 1 aliphatic carbocycles. The van der Waals surface area contributed by atoms with Crippen molar-refractivity contribution >= 4 is 17.2 Å². The zero-order valence-corrected chi connectivity index (χ0v) is 12.8. The Morgan fingerprint density at radius 1 is 1.25 bits per heavy atom. The lowest BCUT2D eigenvalue weighted by molar-refractivity contribution is 0.686. The third-order valence-corrected chi connectivity index (χ3v) is 4.76. The lowest BCUT2D eigenvalue weighted by Crippen LogP contribution is -2.06. The van der Waals surface area contributed by atoms with Gasteiger partial charge in [0.2, 0.25) is 0 Å². The third-order valence-electron chi connectivity index (χ3n) is 3.80. The Bertz CT molecular complexity index is 587. The number of nitrogens with zero attached hydrogens (tertiary/aromatic N) is 3. The summed E-state index contributed by atoms with van der Waals surface area (Å²) in [7, 11) is 1.91. The van der Waals surface area contributed by atoms with Gasteiger partial charge in [0.15, 0.2) is 0 Å². The van der Waals surface area contributed by atoms with E-state index in [4.69, 9.17) is 4.98 Å². The SMILES string of the molecule is CNc1cc(C2CCCC2)nc(Cc2nc(C)cs2)n1. The van der Waals surface area contributed by atoms with Crippen LogP contribution < -0.4 is 5.32 Å². The zero-order chi connectivity index (χ0) is 13.9. The van der Waals surface area contributed by atoms with E-state index < -0.39 is 0 Å². The van der Waals surface area contributed by atoms with Crippen LogP contribution in [0, 0.1) is 6.92 Å². The second-order valence-corrected chi connectivity index (χ2v) is 6.33. The first-order valence-electron chi connectivity index (χ1n) is 7.21. The molecule has 0 saturated heterocycles. The molecule has 3 rings (SSSR count). The molecule has 0 aliphatic heterocycles. The maximum atomic E-state index is 4.78. The molecular weight excluding hydrogens is 268 g/mol. The second-order valence-electron chi connectivity index (χ2n) is 5.39. The van der Waals surface area contributed by atoms with Crippen LogP contribution in [0.3, 0.4) is 0 Å². The molecule has 5 heteroatoms. The predicted molar refractivity (Wildman–Crippen MR) is 82.4 cm³/mol. The fraction of sp³-hybridized carbons (Fsp3) is 0.533. The van der Waals surface area contributed by atoms with Crippen LogP contribution in [0.25, 0.3) is 0 Å². The number of hydrogen-bond donors (Lipinski definition) is 1. The fourth-order valence-electron chi connectivity index (χ4n) is 2.77. The van der Waals surface area contributed by atoms with Gasteiger partial charge in [-0.2, -0.15) is 0 Å². The quantitative estimate of drug-likeness (QED) is 0.935. The van der Waals surface area contributed by atoms with E-state index in [2.05, 4.69) is 26.7 Å². The Hall–Kier alpha value is -1.49. The van der Waals surface area contributed by atoms with Crippen LogP contribution in [0.5, 0.6) is 0 Å². The number of aromatic nitrogens is 3. The van der Waals surface area contributed by atoms with Gasteiger partial charge >= 0.3 is 0 Å². The van der Waals surface area contributed by atoms with Crippen LogP contribution in [0.4, 0.5) is 5.82 Å². The van der Waals surface area contributed by atoms with Gasteiger partial charge in [-0.1, -0.05) is 12.8 Å². The van der Waals surface area contributed by atoms with Crippen molar-refractivity contribution in [1.29, 1.82) is 0 Å². The van der Waals surface area contributed by atoms with Gasteiger partial charge < -0.3 is 5.32 Å². The van der Waals surface area contributed by atoms with Crippen molar-refractivity contribution in [3.05, 3.63) is 33.7 Å². The van der Waals surface area contributed by atoms with Gasteiger partial charge in [-0.15, -0.1) is 11.3 Å². The van der Waals surface area contributed by atoms with E-state index in [9.17, 15) is 0 Å². The van der Waals surface area contributed by atoms with E-state index in [0.29, 0.717) is 5.92 Å². The van der Waals surface area contributed by atoms with Crippen molar-refractivity contribution in [3.63, 3.8) is 0 Å². The van der Waals surface area contributed by atoms with Crippen molar-refractivity contribution in [3.8, 4) is 0 Å². The molecule has 0 unspecified atom stereocenters. The van der Waals surface area contributed by atoms with Crippen molar-refractivity contribution < 1.29 is 0 Å². The largest absolute Gasteiger partial charge is 0.373 e. The topological polar surface area (TPSA) is 50.7 Å². The first-order chi connectivity index (χ1) is 9.74. The molecule has 1 saturated carbocycles. The molecule has 2 heterocycles. The number of rotatable bonds is 4. The van der Waals surface area contributed by atoms with Gasteiger partial charge in [-0.3, -0.25) is 0 Å². The van der Waals surface area contributed by atoms with E-state index in [0.717, 1.165) is 28.8 Å². The minimum atomic E-state index is 0.613. The highest BCUT2D eigenvalue weighted by Gasteiger charge is 2.20. The maximum absolute atomic E-state index is 4.78. The van der Waals surface area contributed by atoms with Crippen molar-refractivity contribution in [1.82, 2.24) is 15.0 Å². The van der Waals surface area contributed by atoms with Crippen molar-refractivity contribution in [2.75, 3.05) is 12.4 Å². The van der Waals surface area contributed by atoms with E-state index >= 15 is 0 Å². The monoisotopic (exact) mass is 288 g/mol. The molecule has 0 bridgehead atoms. The van der Waals surface area contributed by atoms with Crippen LogP contribution in [-0.4, -0.2) is 22.0 Å². The second kappa shape index (κ2) is 5.87. The minimum absolute atomic E-state index is 0.613. The Kier molecular flexibility index (Phi) is 3.96. The van der Waals surface area contributed by atoms with E-state index in [1.807, 2.05) is 14.0 Å². The zero-order valence-electron chi connectivity index (χ0n) is 12.0. The maximum Gasteiger partial charge on any atom is 0.137 e. The predicted octanol–water partition coefficient (Wildman–Crippen LogP) is 3.53. The number of thiazole rings is 1. The van der Waals surface area contributed by atoms with E-state index in [-0.39, 0.29) is 0 Å². The molecule has 2 aromatic heterocycles. The average Bonchev–Trinajstić information content (AvgIpc) is 3.10. The van der Waals surface area contributed by atoms with Crippen LogP contribution in [0.1, 0.15) is 53.8 Å². The van der Waals surface area contributed by atoms with Crippen LogP contribution in [-0.2, 0) is 6.42 Å². The molecule has 1 N–H and O–H groups in total. The molecule has 0 radical (unpaired) electrons. The normalized spacial score (nSPS) is 15.7. The Morgan fingerprint density at radius 2 is 2.05 bits per heavy atom. The van der Waals surface area contributed by atoms with Gasteiger partial charge in [0.25, 0.3) is 0 Å². The van der Waals surface area contributed by atoms with Gasteiger partial charge in [-0.25, -0.2) is 15.0 Å². The molecule has 1 aliphatic rings. The summed E-state index contributed by atoms with van der Waals surface area (Å²) in [6, 6.07) is 2.10. The van der Waals surface area contributed by atoms with Gasteiger partial charge in [-0.05, 0) is 19.8 Å². The van der Waals surface area contributed by atoms with Gasteiger partial charge in [0.1, 0.15) is 16.6 Å². The lowest BCUT2D eigenvalue weighted by Gasteiger charge is -2.11. The van der Waals surface area contributed by atoms with Gasteiger partial charge in [0, 0.05) is 35.8 Å². The molecule has 20 heavy (non-hydrogen) atoms. The lowest BCUT2D eigenvalue weighted by atomic mass is 10.0. The van der Waals surface area contributed by atoms with Crippen LogP contribution in [0.2, 0.25) is 0 Å². The van der Waals surface area contributed by atoms with E-state index in [1.54, 1.807) is 11.3 Å². The molecule has 0 atom stereocenters. The van der Waals surface area contributed by atoms with Crippen LogP contribution >= 0.6 is 11.3 Å². The van der Waals surface area contributed by atoms with Crippen LogP contribution in [0.15, 0.2) is 11.4 Å². The summed E-state index contributed by atoms with van der Waals surface area (Å²) >= 11 is 1.68. The highest BCUT2D eigenvalue weighted by Crippen LogP contribution is 2.33. The third kappa shape index (κ3) is 2.98. The van der Waals surface area contributed by atoms with Gasteiger partial charge in [0.05, 0.1) is 6.42 Å². The average molecular weight is 288 g/mol. The summed E-state index contributed by atoms with van der Waals surface area (Å²) in [6.07, 6.45) is 5.90. The summed E-state index contributed by atoms with van der Waals surface area (Å²) in [6.45, 7) is 2.02. The molecule has 0 amide bonds. The standard InChI is InChI=1S/C15H20N4S/c1-10-9-20-15(17-10)8-14-18-12(7-13(16-2)19-14)11-5-3-4-6-11/h7,9,11H,3-6,8H2,1-2H3,(H,16,18,19). The van der Waals surface area contributed by atoms with Crippen molar-refractivity contribution in [2.24, 2.45) is 0 Å². The first kappa shape index (κ1) is 13.5. The summed E-state index contributed by atoms with van der Waals surface area (Å²) in [5.41, 5.74) is 2.27. The molecule has 0 aromatic carbocycles. The summed E-state index contributed by atoms with van der Waals surface area (Å²) in [5.74, 6) is 2.42. The Labute approximate surface area is 123 Å². The minimum Gasteiger partial charge on any atom is -0.373 e. The number of anilines is 1. The first-order valence-corrected chi connectivity index (χ1v) is 8.09. The number of hydrogen-bond acceptors (Lipinski definition) is 5. The molecule has 4 nitrogen and oxygen atoms in total. The Morgan fingerprint density at radius 3 is 2.70 bits per heavy atom. The summed E-state index contributed by atoms with van der Waals surface area (Å²) in [4.78, 5) is 13.9. The van der Waals surface area contributed by atoms with E-state index in [1.165, 1.54) is 31.4 Å². The highest BCUT2D eigenvalue weighted by atomic mass is 32.1. The van der Waals surface area contributed by atoms with Crippen molar-refractivity contribution in [2.45, 2.75) is 44.9 Å². The highest BCUT2D eigenvalue weighted by molar-refractivity contribution is 7.09. The molecule has 106 valence electrons. The number of aryl methyl sites for hydroxylation is 1. The molecule has 1 fully saturated rings. The Balaban J connectivity index is 1.87. The number of nitrogens with one attached hydrogen (secondary N) is 1. The molecule has 0 spiro atoms. The fourth-order valence-corrected chi connectivity index (χ4v) is 3.54. The summed E-state index contributed by atoms with van der Waals surface area (Å²) < 4.78 is 0. The molecular formula is C15H20N4S. The molecule has 2 aromatic rings. The summed E-state index contributed by atoms with van der Waals surface area (Å²) in [5, 5.41) is 6.32.